The number of rotatable bonds is 5. The molecule has 0 bridgehead atoms. The third-order valence-electron chi connectivity index (χ3n) is 4.30. The van der Waals surface area contributed by atoms with Gasteiger partial charge in [0.2, 0.25) is 0 Å². The number of hydrogen-bond acceptors (Lipinski definition) is 3. The van der Waals surface area contributed by atoms with Gasteiger partial charge in [-0.05, 0) is 49.2 Å². The first-order valence-electron chi connectivity index (χ1n) is 8.68. The molecule has 1 heterocycles. The maximum absolute atomic E-state index is 13.9. The van der Waals surface area contributed by atoms with Gasteiger partial charge in [0.05, 0.1) is 16.8 Å². The Morgan fingerprint density at radius 2 is 1.67 bits per heavy atom. The third-order valence-corrected chi connectivity index (χ3v) is 4.30. The van der Waals surface area contributed by atoms with Crippen molar-refractivity contribution in [1.29, 1.82) is 0 Å². The van der Waals surface area contributed by atoms with Crippen molar-refractivity contribution in [2.24, 2.45) is 0 Å². The Balaban J connectivity index is 1.53. The van der Waals surface area contributed by atoms with Crippen LogP contribution in [0.4, 0.5) is 10.1 Å². The number of benzene rings is 2. The van der Waals surface area contributed by atoms with Crippen molar-refractivity contribution in [3.05, 3.63) is 77.8 Å². The molecule has 0 unspecified atom stereocenters. The highest BCUT2D eigenvalue weighted by atomic mass is 19.1. The van der Waals surface area contributed by atoms with Crippen LogP contribution in [0.25, 0.3) is 11.3 Å². The highest BCUT2D eigenvalue weighted by Gasteiger charge is 2.25. The number of anilines is 1. The Hall–Kier alpha value is -3.41. The Kier molecular flexibility index (Phi) is 4.46. The molecule has 4 rings (SSSR count). The highest BCUT2D eigenvalue weighted by molar-refractivity contribution is 6.08. The zero-order valence-corrected chi connectivity index (χ0v) is 14.4. The molecule has 2 N–H and O–H groups in total. The quantitative estimate of drug-likeness (QED) is 0.712. The number of nitrogens with one attached hydrogen (secondary N) is 2. The number of furan rings is 1. The number of halogens is 1. The molecule has 1 aliphatic carbocycles. The summed E-state index contributed by atoms with van der Waals surface area (Å²) < 4.78 is 19.4. The molecule has 27 heavy (non-hydrogen) atoms. The molecule has 2 amide bonds. The molecule has 0 aliphatic heterocycles. The molecule has 3 aromatic rings. The SMILES string of the molecule is O=C(Nc1ccccc1C(=O)NC1CC1)c1ccc(-c2ccccc2F)o1. The lowest BCUT2D eigenvalue weighted by molar-refractivity contribution is 0.0952. The first-order valence-corrected chi connectivity index (χ1v) is 8.68. The predicted octanol–water partition coefficient (Wildman–Crippen LogP) is 4.23. The van der Waals surface area contributed by atoms with Crippen molar-refractivity contribution in [2.75, 3.05) is 5.32 Å². The van der Waals surface area contributed by atoms with Crippen LogP contribution in [-0.2, 0) is 0 Å². The molecule has 1 aliphatic rings. The summed E-state index contributed by atoms with van der Waals surface area (Å²) in [5.74, 6) is -0.867. The summed E-state index contributed by atoms with van der Waals surface area (Å²) in [6.07, 6.45) is 1.96. The highest BCUT2D eigenvalue weighted by Crippen LogP contribution is 2.26. The van der Waals surface area contributed by atoms with Crippen LogP contribution in [0.1, 0.15) is 33.8 Å². The van der Waals surface area contributed by atoms with E-state index in [1.807, 2.05) is 0 Å². The summed E-state index contributed by atoms with van der Waals surface area (Å²) in [5.41, 5.74) is 1.06. The lowest BCUT2D eigenvalue weighted by Crippen LogP contribution is -2.26. The molecular formula is C21H17FN2O3. The second-order valence-corrected chi connectivity index (χ2v) is 6.39. The minimum Gasteiger partial charge on any atom is -0.451 e. The molecule has 136 valence electrons. The van der Waals surface area contributed by atoms with Gasteiger partial charge in [-0.3, -0.25) is 9.59 Å². The minimum absolute atomic E-state index is 0.0330. The summed E-state index contributed by atoms with van der Waals surface area (Å²) in [7, 11) is 0. The van der Waals surface area contributed by atoms with E-state index in [1.54, 1.807) is 48.5 Å². The van der Waals surface area contributed by atoms with E-state index in [2.05, 4.69) is 10.6 Å². The van der Waals surface area contributed by atoms with Crippen molar-refractivity contribution in [1.82, 2.24) is 5.32 Å². The summed E-state index contributed by atoms with van der Waals surface area (Å²) in [6.45, 7) is 0. The Morgan fingerprint density at radius 3 is 2.44 bits per heavy atom. The van der Waals surface area contributed by atoms with Gasteiger partial charge >= 0.3 is 0 Å². The molecule has 0 spiro atoms. The zero-order valence-electron chi connectivity index (χ0n) is 14.4. The van der Waals surface area contributed by atoms with E-state index in [-0.39, 0.29) is 29.0 Å². The average Bonchev–Trinajstić information content (AvgIpc) is 3.34. The second-order valence-electron chi connectivity index (χ2n) is 6.39. The van der Waals surface area contributed by atoms with Crippen LogP contribution in [0.15, 0.2) is 65.1 Å². The first-order chi connectivity index (χ1) is 13.1. The molecule has 0 atom stereocenters. The smallest absolute Gasteiger partial charge is 0.291 e. The van der Waals surface area contributed by atoms with Gasteiger partial charge in [-0.1, -0.05) is 24.3 Å². The topological polar surface area (TPSA) is 71.3 Å². The van der Waals surface area contributed by atoms with Crippen LogP contribution in [-0.4, -0.2) is 17.9 Å². The number of hydrogen-bond donors (Lipinski definition) is 2. The van der Waals surface area contributed by atoms with E-state index in [4.69, 9.17) is 4.42 Å². The van der Waals surface area contributed by atoms with E-state index < -0.39 is 11.7 Å². The largest absolute Gasteiger partial charge is 0.451 e. The maximum Gasteiger partial charge on any atom is 0.291 e. The lowest BCUT2D eigenvalue weighted by atomic mass is 10.1. The zero-order chi connectivity index (χ0) is 18.8. The van der Waals surface area contributed by atoms with Gasteiger partial charge in [-0.15, -0.1) is 0 Å². The summed E-state index contributed by atoms with van der Waals surface area (Å²) >= 11 is 0. The van der Waals surface area contributed by atoms with E-state index in [9.17, 15) is 14.0 Å². The first kappa shape index (κ1) is 17.0. The molecule has 1 saturated carbocycles. The summed E-state index contributed by atoms with van der Waals surface area (Å²) in [5, 5.41) is 5.59. The number of para-hydroxylation sites is 1. The van der Waals surface area contributed by atoms with Crippen molar-refractivity contribution < 1.29 is 18.4 Å². The average molecular weight is 364 g/mol. The lowest BCUT2D eigenvalue weighted by Gasteiger charge is -2.10. The summed E-state index contributed by atoms with van der Waals surface area (Å²) in [4.78, 5) is 24.9. The monoisotopic (exact) mass is 364 g/mol. The number of carbonyl (C=O) groups excluding carboxylic acids is 2. The van der Waals surface area contributed by atoms with Gasteiger partial charge in [0.1, 0.15) is 11.6 Å². The number of carbonyl (C=O) groups is 2. The van der Waals surface area contributed by atoms with Crippen LogP contribution < -0.4 is 10.6 Å². The fourth-order valence-corrected chi connectivity index (χ4v) is 2.73. The van der Waals surface area contributed by atoms with Crippen molar-refractivity contribution in [2.45, 2.75) is 18.9 Å². The second kappa shape index (κ2) is 7.07. The van der Waals surface area contributed by atoms with Crippen LogP contribution >= 0.6 is 0 Å². The van der Waals surface area contributed by atoms with Crippen molar-refractivity contribution in [3.63, 3.8) is 0 Å². The molecule has 1 fully saturated rings. The molecule has 0 radical (unpaired) electrons. The van der Waals surface area contributed by atoms with Crippen LogP contribution in [0.3, 0.4) is 0 Å². The van der Waals surface area contributed by atoms with Crippen LogP contribution in [0, 0.1) is 5.82 Å². The van der Waals surface area contributed by atoms with E-state index >= 15 is 0 Å². The van der Waals surface area contributed by atoms with Gasteiger partial charge in [0.15, 0.2) is 5.76 Å². The Labute approximate surface area is 155 Å². The van der Waals surface area contributed by atoms with Gasteiger partial charge in [-0.25, -0.2) is 4.39 Å². The predicted molar refractivity (Wildman–Crippen MR) is 99.0 cm³/mol. The standard InChI is InChI=1S/C21H17FN2O3/c22-16-7-3-1-5-14(16)18-11-12-19(27-18)21(26)24-17-8-4-2-6-15(17)20(25)23-13-9-10-13/h1-8,11-13H,9-10H2,(H,23,25)(H,24,26). The van der Waals surface area contributed by atoms with Gasteiger partial charge in [0.25, 0.3) is 11.8 Å². The normalized spacial score (nSPS) is 13.2. The third kappa shape index (κ3) is 3.74. The maximum atomic E-state index is 13.9. The van der Waals surface area contributed by atoms with E-state index in [0.717, 1.165) is 12.8 Å². The fourth-order valence-electron chi connectivity index (χ4n) is 2.73. The van der Waals surface area contributed by atoms with Gasteiger partial charge in [0, 0.05) is 6.04 Å². The van der Waals surface area contributed by atoms with Crippen LogP contribution in [0.5, 0.6) is 0 Å². The molecule has 1 aromatic heterocycles. The molecule has 2 aromatic carbocycles. The van der Waals surface area contributed by atoms with Gasteiger partial charge in [-0.2, -0.15) is 0 Å². The fraction of sp³-hybridized carbons (Fsp3) is 0.143. The number of amides is 2. The minimum atomic E-state index is -0.510. The van der Waals surface area contributed by atoms with Crippen molar-refractivity contribution in [3.8, 4) is 11.3 Å². The summed E-state index contributed by atoms with van der Waals surface area (Å²) in [6, 6.07) is 16.2. The van der Waals surface area contributed by atoms with Gasteiger partial charge < -0.3 is 15.1 Å². The Morgan fingerprint density at radius 1 is 0.926 bits per heavy atom. The van der Waals surface area contributed by atoms with E-state index in [1.165, 1.54) is 12.1 Å². The van der Waals surface area contributed by atoms with Crippen LogP contribution in [0.2, 0.25) is 0 Å². The van der Waals surface area contributed by atoms with E-state index in [0.29, 0.717) is 11.3 Å². The Bertz CT molecular complexity index is 1010. The molecular weight excluding hydrogens is 347 g/mol. The van der Waals surface area contributed by atoms with Crippen molar-refractivity contribution >= 4 is 17.5 Å². The molecule has 0 saturated heterocycles. The molecule has 5 nitrogen and oxygen atoms in total. The molecule has 6 heteroatoms.